The lowest BCUT2D eigenvalue weighted by molar-refractivity contribution is 0.0970. The van der Waals surface area contributed by atoms with E-state index in [0.717, 1.165) is 5.69 Å². The van der Waals surface area contributed by atoms with E-state index < -0.39 is 0 Å². The Kier molecular flexibility index (Phi) is 5.47. The number of hydrogen-bond donors (Lipinski definition) is 3. The quantitative estimate of drug-likeness (QED) is 0.344. The summed E-state index contributed by atoms with van der Waals surface area (Å²) in [4.78, 5) is 10.3. The summed E-state index contributed by atoms with van der Waals surface area (Å²) in [5, 5.41) is 16.0. The van der Waals surface area contributed by atoms with Crippen molar-refractivity contribution in [1.29, 1.82) is 5.41 Å². The van der Waals surface area contributed by atoms with Crippen LogP contribution in [0.2, 0.25) is 0 Å². The van der Waals surface area contributed by atoms with Crippen LogP contribution in [0.3, 0.4) is 0 Å². The van der Waals surface area contributed by atoms with Gasteiger partial charge in [-0.1, -0.05) is 0 Å². The van der Waals surface area contributed by atoms with Crippen LogP contribution in [0.15, 0.2) is 6.07 Å². The number of aromatic nitrogens is 2. The average molecular weight is 253 g/mol. The molecule has 0 spiro atoms. The van der Waals surface area contributed by atoms with Crippen LogP contribution >= 0.6 is 0 Å². The number of anilines is 1. The number of nitrogens with two attached hydrogens (primary N) is 1. The highest BCUT2D eigenvalue weighted by Crippen LogP contribution is 2.08. The first-order chi connectivity index (χ1) is 8.54. The standard InChI is InChI=1S/C11H19N5O2/c1-8-7-9(10(12)13)15-11(14-8)16(2)3-5-18-6-4-17/h7,17H,3-6H2,1-2H3,(H3,12,13). The van der Waals surface area contributed by atoms with Crippen LogP contribution in [0.5, 0.6) is 0 Å². The number of aliphatic hydroxyl groups is 1. The second-order valence-electron chi connectivity index (χ2n) is 3.87. The van der Waals surface area contributed by atoms with Crippen LogP contribution in [-0.2, 0) is 4.74 Å². The molecule has 1 aromatic rings. The summed E-state index contributed by atoms with van der Waals surface area (Å²) in [6.45, 7) is 3.23. The monoisotopic (exact) mass is 253 g/mol. The molecular formula is C11H19N5O2. The topological polar surface area (TPSA) is 108 Å². The molecule has 0 aliphatic carbocycles. The number of aryl methyl sites for hydroxylation is 1. The van der Waals surface area contributed by atoms with Crippen molar-refractivity contribution in [1.82, 2.24) is 9.97 Å². The highest BCUT2D eigenvalue weighted by molar-refractivity contribution is 5.93. The van der Waals surface area contributed by atoms with E-state index in [2.05, 4.69) is 9.97 Å². The second kappa shape index (κ2) is 6.87. The highest BCUT2D eigenvalue weighted by Gasteiger charge is 2.08. The van der Waals surface area contributed by atoms with Crippen LogP contribution in [-0.4, -0.2) is 54.3 Å². The van der Waals surface area contributed by atoms with E-state index in [1.807, 2.05) is 18.9 Å². The van der Waals surface area contributed by atoms with E-state index in [9.17, 15) is 0 Å². The Hall–Kier alpha value is -1.73. The lowest BCUT2D eigenvalue weighted by Gasteiger charge is -2.17. The van der Waals surface area contributed by atoms with Gasteiger partial charge in [-0.05, 0) is 13.0 Å². The van der Waals surface area contributed by atoms with Crippen molar-refractivity contribution in [3.05, 3.63) is 17.5 Å². The number of nitrogens with zero attached hydrogens (tertiary/aromatic N) is 3. The van der Waals surface area contributed by atoms with Gasteiger partial charge in [0.25, 0.3) is 0 Å². The van der Waals surface area contributed by atoms with Crippen LogP contribution in [0.1, 0.15) is 11.4 Å². The van der Waals surface area contributed by atoms with Gasteiger partial charge in [0, 0.05) is 19.3 Å². The van der Waals surface area contributed by atoms with Gasteiger partial charge >= 0.3 is 0 Å². The molecule has 1 aromatic heterocycles. The summed E-state index contributed by atoms with van der Waals surface area (Å²) in [7, 11) is 1.83. The third kappa shape index (κ3) is 4.27. The van der Waals surface area contributed by atoms with Crippen molar-refractivity contribution in [2.75, 3.05) is 38.3 Å². The van der Waals surface area contributed by atoms with E-state index in [1.165, 1.54) is 0 Å². The van der Waals surface area contributed by atoms with E-state index >= 15 is 0 Å². The number of aliphatic hydroxyl groups excluding tert-OH is 1. The maximum atomic E-state index is 8.58. The van der Waals surface area contributed by atoms with E-state index in [-0.39, 0.29) is 12.4 Å². The van der Waals surface area contributed by atoms with Crippen molar-refractivity contribution in [3.8, 4) is 0 Å². The first kappa shape index (κ1) is 14.3. The summed E-state index contributed by atoms with van der Waals surface area (Å²) in [6.07, 6.45) is 0. The number of ether oxygens (including phenoxy) is 1. The Bertz CT molecular complexity index is 410. The smallest absolute Gasteiger partial charge is 0.226 e. The molecule has 0 unspecified atom stereocenters. The molecule has 0 atom stereocenters. The fourth-order valence-electron chi connectivity index (χ4n) is 1.33. The molecule has 0 saturated heterocycles. The fourth-order valence-corrected chi connectivity index (χ4v) is 1.33. The second-order valence-corrected chi connectivity index (χ2v) is 3.87. The predicted molar refractivity (Wildman–Crippen MR) is 69.0 cm³/mol. The van der Waals surface area contributed by atoms with Crippen LogP contribution in [0.4, 0.5) is 5.95 Å². The number of hydrogen-bond acceptors (Lipinski definition) is 6. The third-order valence-electron chi connectivity index (χ3n) is 2.27. The normalized spacial score (nSPS) is 10.4. The van der Waals surface area contributed by atoms with Crippen LogP contribution < -0.4 is 10.6 Å². The highest BCUT2D eigenvalue weighted by atomic mass is 16.5. The Morgan fingerprint density at radius 2 is 2.22 bits per heavy atom. The Morgan fingerprint density at radius 3 is 2.83 bits per heavy atom. The fraction of sp³-hybridized carbons (Fsp3) is 0.545. The molecule has 7 nitrogen and oxygen atoms in total. The third-order valence-corrected chi connectivity index (χ3v) is 2.27. The molecule has 0 radical (unpaired) electrons. The van der Waals surface area contributed by atoms with Crippen LogP contribution in [0, 0.1) is 12.3 Å². The van der Waals surface area contributed by atoms with Crippen molar-refractivity contribution < 1.29 is 9.84 Å². The molecule has 0 amide bonds. The summed E-state index contributed by atoms with van der Waals surface area (Å²) < 4.78 is 5.17. The minimum absolute atomic E-state index is 0.0130. The SMILES string of the molecule is Cc1cc(C(=N)N)nc(N(C)CCOCCO)n1. The number of amidine groups is 1. The zero-order chi connectivity index (χ0) is 13.5. The van der Waals surface area contributed by atoms with Gasteiger partial charge < -0.3 is 20.5 Å². The molecule has 0 fully saturated rings. The minimum atomic E-state index is -0.0771. The lowest BCUT2D eigenvalue weighted by Crippen LogP contribution is -2.26. The molecule has 0 aromatic carbocycles. The predicted octanol–water partition coefficient (Wildman–Crippen LogP) is -0.486. The van der Waals surface area contributed by atoms with Crippen molar-refractivity contribution in [2.24, 2.45) is 5.73 Å². The summed E-state index contributed by atoms with van der Waals surface area (Å²) in [5.41, 5.74) is 6.59. The molecule has 0 saturated carbocycles. The molecule has 0 bridgehead atoms. The van der Waals surface area contributed by atoms with Gasteiger partial charge in [-0.2, -0.15) is 0 Å². The molecule has 0 aliphatic heterocycles. The van der Waals surface area contributed by atoms with Crippen molar-refractivity contribution in [3.63, 3.8) is 0 Å². The molecular weight excluding hydrogens is 234 g/mol. The minimum Gasteiger partial charge on any atom is -0.394 e. The molecule has 7 heteroatoms. The summed E-state index contributed by atoms with van der Waals surface area (Å²) in [5.74, 6) is 0.430. The maximum absolute atomic E-state index is 8.58. The summed E-state index contributed by atoms with van der Waals surface area (Å²) >= 11 is 0. The van der Waals surface area contributed by atoms with Gasteiger partial charge in [-0.25, -0.2) is 9.97 Å². The largest absolute Gasteiger partial charge is 0.394 e. The first-order valence-electron chi connectivity index (χ1n) is 5.64. The maximum Gasteiger partial charge on any atom is 0.226 e. The van der Waals surface area contributed by atoms with Crippen molar-refractivity contribution in [2.45, 2.75) is 6.92 Å². The van der Waals surface area contributed by atoms with Gasteiger partial charge in [0.1, 0.15) is 11.5 Å². The van der Waals surface area contributed by atoms with Gasteiger partial charge in [0.2, 0.25) is 5.95 Å². The van der Waals surface area contributed by atoms with Gasteiger partial charge in [0.15, 0.2) is 0 Å². The zero-order valence-electron chi connectivity index (χ0n) is 10.7. The Balaban J connectivity index is 2.67. The molecule has 4 N–H and O–H groups in total. The average Bonchev–Trinajstić information content (AvgIpc) is 2.33. The zero-order valence-corrected chi connectivity index (χ0v) is 10.7. The number of rotatable bonds is 7. The summed E-state index contributed by atoms with van der Waals surface area (Å²) in [6, 6.07) is 1.67. The molecule has 100 valence electrons. The lowest BCUT2D eigenvalue weighted by atomic mass is 10.3. The first-order valence-corrected chi connectivity index (χ1v) is 5.64. The van der Waals surface area contributed by atoms with Gasteiger partial charge in [-0.3, -0.25) is 5.41 Å². The molecule has 1 heterocycles. The molecule has 1 rings (SSSR count). The number of nitrogen functional groups attached to an aromatic ring is 1. The van der Waals surface area contributed by atoms with E-state index in [4.69, 9.17) is 21.0 Å². The number of likely N-dealkylation sites (N-methyl/N-ethyl adjacent to an activating group) is 1. The van der Waals surface area contributed by atoms with Crippen molar-refractivity contribution >= 4 is 11.8 Å². The Morgan fingerprint density at radius 1 is 1.50 bits per heavy atom. The van der Waals surface area contributed by atoms with Gasteiger partial charge in [0.05, 0.1) is 19.8 Å². The van der Waals surface area contributed by atoms with Crippen LogP contribution in [0.25, 0.3) is 0 Å². The molecule has 0 aliphatic rings. The van der Waals surface area contributed by atoms with E-state index in [0.29, 0.717) is 31.4 Å². The molecule has 18 heavy (non-hydrogen) atoms. The van der Waals surface area contributed by atoms with Gasteiger partial charge in [-0.15, -0.1) is 0 Å². The van der Waals surface area contributed by atoms with E-state index in [1.54, 1.807) is 6.07 Å². The Labute approximate surface area is 106 Å². The number of nitrogens with one attached hydrogen (secondary N) is 1.